The summed E-state index contributed by atoms with van der Waals surface area (Å²) in [5, 5.41) is 17.1. The molecule has 0 spiro atoms. The summed E-state index contributed by atoms with van der Waals surface area (Å²) in [6.07, 6.45) is 3.42. The van der Waals surface area contributed by atoms with Crippen LogP contribution in [0.2, 0.25) is 0 Å². The number of carboxylic acid groups (broad SMARTS) is 1. The van der Waals surface area contributed by atoms with Gasteiger partial charge in [0.1, 0.15) is 10.7 Å². The van der Waals surface area contributed by atoms with E-state index in [2.05, 4.69) is 10.1 Å². The predicted octanol–water partition coefficient (Wildman–Crippen LogP) is -2.85. The maximum atomic E-state index is 10.2. The fourth-order valence-electron chi connectivity index (χ4n) is 1.16. The van der Waals surface area contributed by atoms with E-state index >= 15 is 0 Å². The molecule has 2 aromatic rings. The van der Waals surface area contributed by atoms with E-state index in [1.54, 1.807) is 17.1 Å². The van der Waals surface area contributed by atoms with Crippen LogP contribution in [0, 0.1) is 0 Å². The third-order valence-electron chi connectivity index (χ3n) is 1.84. The Kier molecular flexibility index (Phi) is 5.14. The number of hydrogen-bond donors (Lipinski definition) is 0. The van der Waals surface area contributed by atoms with Crippen LogP contribution in [-0.2, 0) is 11.3 Å². The van der Waals surface area contributed by atoms with Crippen molar-refractivity contribution in [2.45, 2.75) is 13.0 Å². The zero-order valence-electron chi connectivity index (χ0n) is 8.79. The van der Waals surface area contributed by atoms with E-state index in [0.29, 0.717) is 6.54 Å². The Labute approximate surface area is 118 Å². The summed E-state index contributed by atoms with van der Waals surface area (Å²) in [6, 6.07) is 1.81. The van der Waals surface area contributed by atoms with Gasteiger partial charge < -0.3 is 9.90 Å². The van der Waals surface area contributed by atoms with Crippen LogP contribution in [0.4, 0.5) is 0 Å². The Balaban J connectivity index is 0.00000128. The van der Waals surface area contributed by atoms with E-state index in [0.717, 1.165) is 10.7 Å². The fourth-order valence-corrected chi connectivity index (χ4v) is 1.76. The first-order valence-electron chi connectivity index (χ1n) is 4.39. The van der Waals surface area contributed by atoms with E-state index in [1.807, 2.05) is 11.4 Å². The molecule has 78 valence electrons. The van der Waals surface area contributed by atoms with Crippen molar-refractivity contribution in [3.8, 4) is 10.7 Å². The standard InChI is InChI=1S/C9H9N3O2S.Na/c13-8(14)2-5-12-4-1-7(11-12)9-10-3-6-15-9;/h1,3-4,6H,2,5H2,(H,13,14);/q;+1/p-1. The minimum absolute atomic E-state index is 0. The maximum absolute atomic E-state index is 10.2. The number of carbonyl (C=O) groups excluding carboxylic acids is 1. The molecule has 7 heteroatoms. The molecule has 0 bridgehead atoms. The van der Waals surface area contributed by atoms with Crippen molar-refractivity contribution < 1.29 is 39.5 Å². The monoisotopic (exact) mass is 245 g/mol. The van der Waals surface area contributed by atoms with Crippen LogP contribution in [0.3, 0.4) is 0 Å². The van der Waals surface area contributed by atoms with Crippen LogP contribution in [0.25, 0.3) is 10.7 Å². The molecule has 0 aliphatic heterocycles. The van der Waals surface area contributed by atoms with Gasteiger partial charge in [-0.25, -0.2) is 4.98 Å². The van der Waals surface area contributed by atoms with Crippen molar-refractivity contribution in [1.82, 2.24) is 14.8 Å². The molecule has 0 radical (unpaired) electrons. The topological polar surface area (TPSA) is 70.8 Å². The van der Waals surface area contributed by atoms with Crippen molar-refractivity contribution in [2.24, 2.45) is 0 Å². The number of rotatable bonds is 4. The van der Waals surface area contributed by atoms with Gasteiger partial charge in [-0.1, -0.05) is 0 Å². The van der Waals surface area contributed by atoms with Gasteiger partial charge in [-0.15, -0.1) is 11.3 Å². The van der Waals surface area contributed by atoms with Gasteiger partial charge in [0, 0.05) is 36.7 Å². The van der Waals surface area contributed by atoms with E-state index in [9.17, 15) is 9.90 Å². The first kappa shape index (κ1) is 13.4. The molecule has 0 aromatic carbocycles. The smallest absolute Gasteiger partial charge is 0.550 e. The largest absolute Gasteiger partial charge is 1.00 e. The van der Waals surface area contributed by atoms with Crippen LogP contribution in [-0.4, -0.2) is 20.7 Å². The van der Waals surface area contributed by atoms with E-state index in [4.69, 9.17) is 0 Å². The number of hydrogen-bond acceptors (Lipinski definition) is 5. The van der Waals surface area contributed by atoms with Gasteiger partial charge in [0.25, 0.3) is 0 Å². The fraction of sp³-hybridized carbons (Fsp3) is 0.222. The first-order chi connectivity index (χ1) is 7.25. The van der Waals surface area contributed by atoms with Gasteiger partial charge >= 0.3 is 29.6 Å². The Morgan fingerprint density at radius 1 is 1.56 bits per heavy atom. The van der Waals surface area contributed by atoms with Gasteiger partial charge in [0.2, 0.25) is 0 Å². The number of thiazole rings is 1. The number of carbonyl (C=O) groups is 1. The van der Waals surface area contributed by atoms with Gasteiger partial charge in [-0.3, -0.25) is 4.68 Å². The second-order valence-corrected chi connectivity index (χ2v) is 3.82. The molecule has 0 saturated carbocycles. The van der Waals surface area contributed by atoms with Crippen molar-refractivity contribution in [3.63, 3.8) is 0 Å². The van der Waals surface area contributed by atoms with Crippen molar-refractivity contribution in [1.29, 1.82) is 0 Å². The minimum Gasteiger partial charge on any atom is -0.550 e. The Morgan fingerprint density at radius 3 is 3.00 bits per heavy atom. The zero-order chi connectivity index (χ0) is 10.7. The summed E-state index contributed by atoms with van der Waals surface area (Å²) in [4.78, 5) is 14.4. The molecule has 2 aromatic heterocycles. The summed E-state index contributed by atoms with van der Waals surface area (Å²) in [7, 11) is 0. The van der Waals surface area contributed by atoms with E-state index < -0.39 is 5.97 Å². The first-order valence-corrected chi connectivity index (χ1v) is 5.27. The SMILES string of the molecule is O=C([O-])CCn1ccc(-c2nccs2)n1.[Na+]. The molecule has 0 fully saturated rings. The molecule has 0 unspecified atom stereocenters. The van der Waals surface area contributed by atoms with Gasteiger partial charge in [-0.2, -0.15) is 5.10 Å². The Hall–Kier alpha value is -0.690. The third-order valence-corrected chi connectivity index (χ3v) is 2.63. The molecule has 0 aliphatic carbocycles. The van der Waals surface area contributed by atoms with Crippen LogP contribution in [0.15, 0.2) is 23.8 Å². The van der Waals surface area contributed by atoms with Gasteiger partial charge in [-0.05, 0) is 6.07 Å². The van der Waals surface area contributed by atoms with Crippen molar-refractivity contribution in [3.05, 3.63) is 23.8 Å². The number of carboxylic acids is 1. The third kappa shape index (κ3) is 3.41. The molecule has 2 heterocycles. The summed E-state index contributed by atoms with van der Waals surface area (Å²) in [6.45, 7) is 0.327. The van der Waals surface area contributed by atoms with Crippen LogP contribution in [0.5, 0.6) is 0 Å². The van der Waals surface area contributed by atoms with Gasteiger partial charge in [0.15, 0.2) is 0 Å². The van der Waals surface area contributed by atoms with Crippen LogP contribution in [0.1, 0.15) is 6.42 Å². The molecule has 0 amide bonds. The van der Waals surface area contributed by atoms with Crippen molar-refractivity contribution >= 4 is 17.3 Å². The summed E-state index contributed by atoms with van der Waals surface area (Å²) >= 11 is 1.50. The minimum atomic E-state index is -1.07. The Morgan fingerprint density at radius 2 is 2.38 bits per heavy atom. The van der Waals surface area contributed by atoms with E-state index in [-0.39, 0.29) is 36.0 Å². The molecule has 16 heavy (non-hydrogen) atoms. The average Bonchev–Trinajstić information content (AvgIpc) is 2.85. The Bertz CT molecular complexity index is 455. The number of aliphatic carboxylic acids is 1. The molecule has 0 N–H and O–H groups in total. The predicted molar refractivity (Wildman–Crippen MR) is 53.0 cm³/mol. The number of nitrogens with zero attached hydrogens (tertiary/aromatic N) is 3. The molecule has 0 saturated heterocycles. The van der Waals surface area contributed by atoms with E-state index in [1.165, 1.54) is 11.3 Å². The molecule has 0 atom stereocenters. The molecule has 5 nitrogen and oxygen atoms in total. The molecular formula is C9H8N3NaO2S. The summed E-state index contributed by atoms with van der Waals surface area (Å²) < 4.78 is 1.58. The maximum Gasteiger partial charge on any atom is 1.00 e. The second-order valence-electron chi connectivity index (χ2n) is 2.92. The normalized spacial score (nSPS) is 9.75. The number of aryl methyl sites for hydroxylation is 1. The molecule has 0 aliphatic rings. The average molecular weight is 245 g/mol. The number of aromatic nitrogens is 3. The molecule has 2 rings (SSSR count). The summed E-state index contributed by atoms with van der Waals surface area (Å²) in [5.41, 5.74) is 0.767. The van der Waals surface area contributed by atoms with Crippen LogP contribution < -0.4 is 34.7 Å². The quantitative estimate of drug-likeness (QED) is 0.544. The zero-order valence-corrected chi connectivity index (χ0v) is 11.6. The van der Waals surface area contributed by atoms with Crippen molar-refractivity contribution in [2.75, 3.05) is 0 Å². The second kappa shape index (κ2) is 6.15. The molecular weight excluding hydrogens is 237 g/mol. The summed E-state index contributed by atoms with van der Waals surface area (Å²) in [5.74, 6) is -1.07. The van der Waals surface area contributed by atoms with Crippen LogP contribution >= 0.6 is 11.3 Å². The van der Waals surface area contributed by atoms with Gasteiger partial charge in [0.05, 0.1) is 0 Å².